The molecule has 2 aromatic carbocycles. The van der Waals surface area contributed by atoms with Crippen molar-refractivity contribution >= 4 is 5.97 Å². The number of nitriles is 1. The van der Waals surface area contributed by atoms with Crippen LogP contribution in [0.5, 0.6) is 0 Å². The zero-order valence-corrected chi connectivity index (χ0v) is 14.4. The Morgan fingerprint density at radius 2 is 1.88 bits per heavy atom. The minimum atomic E-state index is -1.05. The Morgan fingerprint density at radius 1 is 1.12 bits per heavy atom. The standard InChI is InChI=1S/C21H22FNO2/c1-2-3-4-5-6-7-15-8-11-18(21(24)25)19(12-15)16-9-10-17(14-23)20(22)13-16/h8-13H,2-7H2,1H3,(H,24,25). The molecule has 0 heterocycles. The zero-order valence-electron chi connectivity index (χ0n) is 14.4. The van der Waals surface area contributed by atoms with Gasteiger partial charge in [0.05, 0.1) is 11.1 Å². The molecule has 130 valence electrons. The van der Waals surface area contributed by atoms with Crippen molar-refractivity contribution in [2.24, 2.45) is 0 Å². The molecule has 2 aromatic rings. The first-order valence-electron chi connectivity index (χ1n) is 8.63. The number of benzene rings is 2. The Kier molecular flexibility index (Phi) is 6.71. The zero-order chi connectivity index (χ0) is 18.2. The van der Waals surface area contributed by atoms with Gasteiger partial charge in [0.25, 0.3) is 0 Å². The molecule has 0 aliphatic heterocycles. The van der Waals surface area contributed by atoms with Crippen LogP contribution in [0.15, 0.2) is 36.4 Å². The lowest BCUT2D eigenvalue weighted by Gasteiger charge is -2.10. The van der Waals surface area contributed by atoms with Crippen molar-refractivity contribution in [2.75, 3.05) is 0 Å². The van der Waals surface area contributed by atoms with Crippen LogP contribution in [0.25, 0.3) is 11.1 Å². The smallest absolute Gasteiger partial charge is 0.336 e. The van der Waals surface area contributed by atoms with E-state index >= 15 is 0 Å². The third-order valence-electron chi connectivity index (χ3n) is 4.28. The molecule has 0 amide bonds. The van der Waals surface area contributed by atoms with Crippen LogP contribution in [0.2, 0.25) is 0 Å². The summed E-state index contributed by atoms with van der Waals surface area (Å²) in [6.45, 7) is 2.17. The number of aromatic carboxylic acids is 1. The molecule has 0 bridgehead atoms. The summed E-state index contributed by atoms with van der Waals surface area (Å²) in [6, 6.07) is 11.2. The van der Waals surface area contributed by atoms with Gasteiger partial charge >= 0.3 is 5.97 Å². The van der Waals surface area contributed by atoms with Crippen LogP contribution in [0, 0.1) is 17.1 Å². The number of nitrogens with zero attached hydrogens (tertiary/aromatic N) is 1. The van der Waals surface area contributed by atoms with Gasteiger partial charge < -0.3 is 5.11 Å². The van der Waals surface area contributed by atoms with E-state index in [-0.39, 0.29) is 11.1 Å². The Morgan fingerprint density at radius 3 is 2.52 bits per heavy atom. The van der Waals surface area contributed by atoms with Crippen molar-refractivity contribution in [2.45, 2.75) is 45.4 Å². The van der Waals surface area contributed by atoms with E-state index in [4.69, 9.17) is 5.26 Å². The maximum atomic E-state index is 13.9. The van der Waals surface area contributed by atoms with Gasteiger partial charge in [-0.25, -0.2) is 9.18 Å². The molecule has 3 nitrogen and oxygen atoms in total. The molecule has 4 heteroatoms. The third-order valence-corrected chi connectivity index (χ3v) is 4.28. The van der Waals surface area contributed by atoms with Gasteiger partial charge in [0, 0.05) is 0 Å². The highest BCUT2D eigenvalue weighted by atomic mass is 19.1. The third kappa shape index (κ3) is 4.90. The quantitative estimate of drug-likeness (QED) is 0.639. The van der Waals surface area contributed by atoms with Crippen LogP contribution < -0.4 is 0 Å². The highest BCUT2D eigenvalue weighted by Gasteiger charge is 2.14. The Hall–Kier alpha value is -2.67. The van der Waals surface area contributed by atoms with Gasteiger partial charge in [-0.3, -0.25) is 0 Å². The summed E-state index contributed by atoms with van der Waals surface area (Å²) in [5.74, 6) is -1.68. The number of halogens is 1. The molecule has 0 unspecified atom stereocenters. The van der Waals surface area contributed by atoms with Gasteiger partial charge in [0.1, 0.15) is 11.9 Å². The van der Waals surface area contributed by atoms with Gasteiger partial charge in [-0.2, -0.15) is 5.26 Å². The average Bonchev–Trinajstić information content (AvgIpc) is 2.61. The van der Waals surface area contributed by atoms with Crippen LogP contribution in [0.1, 0.15) is 60.5 Å². The molecular weight excluding hydrogens is 317 g/mol. The molecule has 0 radical (unpaired) electrons. The maximum Gasteiger partial charge on any atom is 0.336 e. The molecule has 0 fully saturated rings. The van der Waals surface area contributed by atoms with Gasteiger partial charge in [-0.15, -0.1) is 0 Å². The van der Waals surface area contributed by atoms with Gasteiger partial charge in [0.15, 0.2) is 0 Å². The maximum absolute atomic E-state index is 13.9. The Labute approximate surface area is 147 Å². The summed E-state index contributed by atoms with van der Waals surface area (Å²) in [5.41, 5.74) is 2.09. The number of rotatable bonds is 8. The first-order valence-corrected chi connectivity index (χ1v) is 8.63. The summed E-state index contributed by atoms with van der Waals surface area (Å²) in [7, 11) is 0. The minimum absolute atomic E-state index is 0.0484. The lowest BCUT2D eigenvalue weighted by Crippen LogP contribution is -2.01. The summed E-state index contributed by atoms with van der Waals surface area (Å²) < 4.78 is 13.9. The molecule has 0 atom stereocenters. The molecule has 0 aromatic heterocycles. The van der Waals surface area contributed by atoms with Gasteiger partial charge in [-0.1, -0.05) is 50.8 Å². The van der Waals surface area contributed by atoms with Crippen LogP contribution in [-0.2, 0) is 6.42 Å². The fraction of sp³-hybridized carbons (Fsp3) is 0.333. The number of hydrogen-bond donors (Lipinski definition) is 1. The number of aryl methyl sites for hydroxylation is 1. The molecule has 0 saturated carbocycles. The van der Waals surface area contributed by atoms with Crippen molar-refractivity contribution in [3.8, 4) is 17.2 Å². The monoisotopic (exact) mass is 339 g/mol. The Bertz CT molecular complexity index is 793. The van der Waals surface area contributed by atoms with E-state index in [1.807, 2.05) is 12.1 Å². The van der Waals surface area contributed by atoms with Crippen molar-refractivity contribution in [1.29, 1.82) is 5.26 Å². The molecule has 1 N–H and O–H groups in total. The van der Waals surface area contributed by atoms with E-state index in [1.165, 1.54) is 31.4 Å². The first-order chi connectivity index (χ1) is 12.1. The summed E-state index contributed by atoms with van der Waals surface area (Å²) in [4.78, 5) is 11.5. The second kappa shape index (κ2) is 8.98. The van der Waals surface area contributed by atoms with Gasteiger partial charge in [0.2, 0.25) is 0 Å². The number of carbonyl (C=O) groups is 1. The number of carboxylic acid groups (broad SMARTS) is 1. The fourth-order valence-electron chi connectivity index (χ4n) is 2.88. The Balaban J connectivity index is 2.28. The molecule has 2 rings (SSSR count). The van der Waals surface area contributed by atoms with Crippen molar-refractivity contribution < 1.29 is 14.3 Å². The van der Waals surface area contributed by atoms with Crippen molar-refractivity contribution in [1.82, 2.24) is 0 Å². The second-order valence-corrected chi connectivity index (χ2v) is 6.16. The molecule has 0 aliphatic rings. The predicted octanol–water partition coefficient (Wildman–Crippen LogP) is 5.58. The summed E-state index contributed by atoms with van der Waals surface area (Å²) in [6.07, 6.45) is 6.70. The van der Waals surface area contributed by atoms with Crippen LogP contribution >= 0.6 is 0 Å². The first kappa shape index (κ1) is 18.7. The van der Waals surface area contributed by atoms with Gasteiger partial charge in [-0.05, 0) is 47.7 Å². The predicted molar refractivity (Wildman–Crippen MR) is 96.0 cm³/mol. The molecule has 0 saturated heterocycles. The number of hydrogen-bond acceptors (Lipinski definition) is 2. The minimum Gasteiger partial charge on any atom is -0.478 e. The lowest BCUT2D eigenvalue weighted by molar-refractivity contribution is 0.0697. The topological polar surface area (TPSA) is 61.1 Å². The average molecular weight is 339 g/mol. The van der Waals surface area contributed by atoms with Crippen LogP contribution in [0.3, 0.4) is 0 Å². The molecule has 25 heavy (non-hydrogen) atoms. The number of unbranched alkanes of at least 4 members (excludes halogenated alkanes) is 4. The summed E-state index contributed by atoms with van der Waals surface area (Å²) >= 11 is 0. The summed E-state index contributed by atoms with van der Waals surface area (Å²) in [5, 5.41) is 18.3. The molecular formula is C21H22FNO2. The van der Waals surface area contributed by atoms with E-state index in [1.54, 1.807) is 18.2 Å². The number of carboxylic acids is 1. The molecule has 0 spiro atoms. The lowest BCUT2D eigenvalue weighted by atomic mass is 9.94. The van der Waals surface area contributed by atoms with Crippen LogP contribution in [-0.4, -0.2) is 11.1 Å². The SMILES string of the molecule is CCCCCCCc1ccc(C(=O)O)c(-c2ccc(C#N)c(F)c2)c1. The highest BCUT2D eigenvalue weighted by Crippen LogP contribution is 2.27. The normalized spacial score (nSPS) is 10.4. The second-order valence-electron chi connectivity index (χ2n) is 6.16. The van der Waals surface area contributed by atoms with Crippen molar-refractivity contribution in [3.63, 3.8) is 0 Å². The van der Waals surface area contributed by atoms with Crippen LogP contribution in [0.4, 0.5) is 4.39 Å². The highest BCUT2D eigenvalue weighted by molar-refractivity contribution is 5.96. The van der Waals surface area contributed by atoms with E-state index in [0.29, 0.717) is 11.1 Å². The van der Waals surface area contributed by atoms with Crippen molar-refractivity contribution in [3.05, 3.63) is 58.9 Å². The largest absolute Gasteiger partial charge is 0.478 e. The molecule has 0 aliphatic carbocycles. The fourth-order valence-corrected chi connectivity index (χ4v) is 2.88. The van der Waals surface area contributed by atoms with E-state index in [0.717, 1.165) is 24.8 Å². The van der Waals surface area contributed by atoms with E-state index in [2.05, 4.69) is 6.92 Å². The van der Waals surface area contributed by atoms with E-state index < -0.39 is 11.8 Å². The van der Waals surface area contributed by atoms with E-state index in [9.17, 15) is 14.3 Å².